The van der Waals surface area contributed by atoms with Crippen molar-refractivity contribution in [3.63, 3.8) is 0 Å². The van der Waals surface area contributed by atoms with Gasteiger partial charge in [-0.05, 0) is 42.2 Å². The van der Waals surface area contributed by atoms with Crippen molar-refractivity contribution in [1.29, 1.82) is 0 Å². The SMILES string of the molecule is CC(C)[C@H](Cc1ccc(F)cc1)NCc1nnc(-c2ccccc2F)o1. The summed E-state index contributed by atoms with van der Waals surface area (Å²) in [6.07, 6.45) is 0.756. The number of rotatable bonds is 7. The van der Waals surface area contributed by atoms with Crippen molar-refractivity contribution in [3.8, 4) is 11.5 Å². The Labute approximate surface area is 151 Å². The zero-order valence-electron chi connectivity index (χ0n) is 14.7. The standard InChI is InChI=1S/C20H21F2N3O/c1-13(2)18(11-14-7-9-15(21)10-8-14)23-12-19-24-25-20(26-19)16-5-3-4-6-17(16)22/h3-10,13,18,23H,11-12H2,1-2H3/t18-/m0/s1. The fraction of sp³-hybridized carbons (Fsp3) is 0.300. The molecule has 26 heavy (non-hydrogen) atoms. The fourth-order valence-electron chi connectivity index (χ4n) is 2.70. The third-order valence-electron chi connectivity index (χ3n) is 4.26. The molecule has 4 nitrogen and oxygen atoms in total. The molecule has 3 aromatic rings. The van der Waals surface area contributed by atoms with Gasteiger partial charge in [-0.1, -0.05) is 38.1 Å². The van der Waals surface area contributed by atoms with E-state index in [0.717, 1.165) is 12.0 Å². The van der Waals surface area contributed by atoms with Crippen molar-refractivity contribution in [2.24, 2.45) is 5.92 Å². The lowest BCUT2D eigenvalue weighted by Crippen LogP contribution is -2.35. The maximum absolute atomic E-state index is 13.8. The molecule has 3 rings (SSSR count). The highest BCUT2D eigenvalue weighted by molar-refractivity contribution is 5.53. The van der Waals surface area contributed by atoms with Gasteiger partial charge in [0.1, 0.15) is 11.6 Å². The number of hydrogen-bond donors (Lipinski definition) is 1. The minimum absolute atomic E-state index is 0.157. The molecule has 0 saturated heterocycles. The van der Waals surface area contributed by atoms with Crippen LogP contribution in [0.25, 0.3) is 11.5 Å². The monoisotopic (exact) mass is 357 g/mol. The van der Waals surface area contributed by atoms with Crippen LogP contribution >= 0.6 is 0 Å². The van der Waals surface area contributed by atoms with Gasteiger partial charge in [-0.3, -0.25) is 0 Å². The number of benzene rings is 2. The lowest BCUT2D eigenvalue weighted by atomic mass is 9.96. The first-order chi connectivity index (χ1) is 12.5. The van der Waals surface area contributed by atoms with Gasteiger partial charge in [-0.25, -0.2) is 8.78 Å². The molecule has 0 spiro atoms. The van der Waals surface area contributed by atoms with Gasteiger partial charge in [0.2, 0.25) is 5.89 Å². The molecule has 1 atom stereocenters. The van der Waals surface area contributed by atoms with Crippen molar-refractivity contribution in [2.45, 2.75) is 32.9 Å². The molecule has 1 heterocycles. The molecule has 0 fully saturated rings. The Hall–Kier alpha value is -2.60. The molecular formula is C20H21F2N3O. The largest absolute Gasteiger partial charge is 0.419 e. The maximum atomic E-state index is 13.8. The predicted octanol–water partition coefficient (Wildman–Crippen LogP) is 4.37. The van der Waals surface area contributed by atoms with E-state index in [0.29, 0.717) is 18.4 Å². The van der Waals surface area contributed by atoms with E-state index in [1.165, 1.54) is 18.2 Å². The summed E-state index contributed by atoms with van der Waals surface area (Å²) in [5, 5.41) is 11.3. The highest BCUT2D eigenvalue weighted by atomic mass is 19.1. The van der Waals surface area contributed by atoms with E-state index in [-0.39, 0.29) is 23.3 Å². The van der Waals surface area contributed by atoms with Crippen molar-refractivity contribution in [3.05, 3.63) is 71.6 Å². The number of hydrogen-bond acceptors (Lipinski definition) is 4. The first-order valence-corrected chi connectivity index (χ1v) is 8.58. The average molecular weight is 357 g/mol. The lowest BCUT2D eigenvalue weighted by Gasteiger charge is -2.21. The minimum atomic E-state index is -0.396. The van der Waals surface area contributed by atoms with Gasteiger partial charge >= 0.3 is 0 Å². The molecule has 0 bridgehead atoms. The number of halogens is 2. The summed E-state index contributed by atoms with van der Waals surface area (Å²) in [4.78, 5) is 0. The van der Waals surface area contributed by atoms with Gasteiger partial charge in [0.25, 0.3) is 5.89 Å². The molecule has 6 heteroatoms. The molecular weight excluding hydrogens is 336 g/mol. The Morgan fingerprint density at radius 3 is 2.42 bits per heavy atom. The van der Waals surface area contributed by atoms with Crippen LogP contribution < -0.4 is 5.32 Å². The Kier molecular flexibility index (Phi) is 5.73. The second-order valence-corrected chi connectivity index (χ2v) is 6.54. The zero-order chi connectivity index (χ0) is 18.5. The highest BCUT2D eigenvalue weighted by Crippen LogP contribution is 2.21. The summed E-state index contributed by atoms with van der Waals surface area (Å²) in [6.45, 7) is 4.60. The first kappa shape index (κ1) is 18.2. The average Bonchev–Trinajstić information content (AvgIpc) is 3.09. The van der Waals surface area contributed by atoms with Crippen LogP contribution in [0.3, 0.4) is 0 Å². The molecule has 0 aliphatic heterocycles. The molecule has 1 aromatic heterocycles. The Balaban J connectivity index is 1.64. The number of nitrogens with one attached hydrogen (secondary N) is 1. The van der Waals surface area contributed by atoms with Gasteiger partial charge in [0.15, 0.2) is 0 Å². The van der Waals surface area contributed by atoms with Crippen LogP contribution in [0.1, 0.15) is 25.3 Å². The molecule has 0 radical (unpaired) electrons. The van der Waals surface area contributed by atoms with E-state index in [2.05, 4.69) is 29.4 Å². The van der Waals surface area contributed by atoms with Gasteiger partial charge in [0, 0.05) is 6.04 Å². The van der Waals surface area contributed by atoms with Gasteiger partial charge in [-0.15, -0.1) is 10.2 Å². The number of aromatic nitrogens is 2. The molecule has 0 saturated carbocycles. The van der Waals surface area contributed by atoms with Crippen LogP contribution in [0.15, 0.2) is 52.9 Å². The maximum Gasteiger partial charge on any atom is 0.250 e. The zero-order valence-corrected chi connectivity index (χ0v) is 14.7. The summed E-state index contributed by atoms with van der Waals surface area (Å²) in [5.74, 6) is 0.280. The van der Waals surface area contributed by atoms with Gasteiger partial charge in [-0.2, -0.15) is 0 Å². The lowest BCUT2D eigenvalue weighted by molar-refractivity contribution is 0.369. The second kappa shape index (κ2) is 8.19. The molecule has 136 valence electrons. The van der Waals surface area contributed by atoms with E-state index in [1.54, 1.807) is 30.3 Å². The number of nitrogens with zero attached hydrogens (tertiary/aromatic N) is 2. The summed E-state index contributed by atoms with van der Waals surface area (Å²) in [7, 11) is 0. The van der Waals surface area contributed by atoms with Crippen LogP contribution in [0.4, 0.5) is 8.78 Å². The van der Waals surface area contributed by atoms with E-state index in [9.17, 15) is 8.78 Å². The fourth-order valence-corrected chi connectivity index (χ4v) is 2.70. The first-order valence-electron chi connectivity index (χ1n) is 8.58. The third-order valence-corrected chi connectivity index (χ3v) is 4.26. The van der Waals surface area contributed by atoms with Crippen molar-refractivity contribution < 1.29 is 13.2 Å². The molecule has 1 N–H and O–H groups in total. The summed E-state index contributed by atoms with van der Waals surface area (Å²) in [6, 6.07) is 12.9. The van der Waals surface area contributed by atoms with Crippen molar-refractivity contribution >= 4 is 0 Å². The molecule has 0 amide bonds. The smallest absolute Gasteiger partial charge is 0.250 e. The second-order valence-electron chi connectivity index (χ2n) is 6.54. The molecule has 2 aromatic carbocycles. The van der Waals surface area contributed by atoms with E-state index in [1.807, 2.05) is 0 Å². The van der Waals surface area contributed by atoms with Crippen molar-refractivity contribution in [1.82, 2.24) is 15.5 Å². The molecule has 0 unspecified atom stereocenters. The van der Waals surface area contributed by atoms with E-state index in [4.69, 9.17) is 4.42 Å². The van der Waals surface area contributed by atoms with Crippen LogP contribution in [0.2, 0.25) is 0 Å². The summed E-state index contributed by atoms with van der Waals surface area (Å²) >= 11 is 0. The van der Waals surface area contributed by atoms with Crippen LogP contribution in [-0.4, -0.2) is 16.2 Å². The minimum Gasteiger partial charge on any atom is -0.419 e. The quantitative estimate of drug-likeness (QED) is 0.682. The van der Waals surface area contributed by atoms with Crippen LogP contribution in [0, 0.1) is 17.6 Å². The Morgan fingerprint density at radius 1 is 1.00 bits per heavy atom. The normalized spacial score (nSPS) is 12.5. The van der Waals surface area contributed by atoms with E-state index < -0.39 is 5.82 Å². The van der Waals surface area contributed by atoms with Crippen LogP contribution in [0.5, 0.6) is 0 Å². The van der Waals surface area contributed by atoms with Crippen LogP contribution in [-0.2, 0) is 13.0 Å². The highest BCUT2D eigenvalue weighted by Gasteiger charge is 2.17. The molecule has 0 aliphatic rings. The summed E-state index contributed by atoms with van der Waals surface area (Å²) < 4.78 is 32.4. The predicted molar refractivity (Wildman–Crippen MR) is 95.3 cm³/mol. The Morgan fingerprint density at radius 2 is 1.73 bits per heavy atom. The Bertz CT molecular complexity index is 846. The van der Waals surface area contributed by atoms with Gasteiger partial charge in [0.05, 0.1) is 12.1 Å². The van der Waals surface area contributed by atoms with Gasteiger partial charge < -0.3 is 9.73 Å². The van der Waals surface area contributed by atoms with E-state index >= 15 is 0 Å². The topological polar surface area (TPSA) is 51.0 Å². The molecule has 0 aliphatic carbocycles. The summed E-state index contributed by atoms with van der Waals surface area (Å²) in [5.41, 5.74) is 1.34. The van der Waals surface area contributed by atoms with Crippen molar-refractivity contribution in [2.75, 3.05) is 0 Å². The third kappa shape index (κ3) is 4.52.